The van der Waals surface area contributed by atoms with E-state index in [1.54, 1.807) is 7.11 Å². The Labute approximate surface area is 246 Å². The van der Waals surface area contributed by atoms with Gasteiger partial charge in [-0.05, 0) is 106 Å². The lowest BCUT2D eigenvalue weighted by Crippen LogP contribution is -2.59. The summed E-state index contributed by atoms with van der Waals surface area (Å²) in [4.78, 5) is 17.2. The van der Waals surface area contributed by atoms with Gasteiger partial charge in [0, 0.05) is 53.1 Å². The number of aromatic nitrogens is 1. The van der Waals surface area contributed by atoms with Crippen LogP contribution in [0, 0.1) is 23.7 Å². The molecule has 1 saturated heterocycles. The van der Waals surface area contributed by atoms with Gasteiger partial charge in [-0.15, -0.1) is 0 Å². The van der Waals surface area contributed by atoms with Crippen molar-refractivity contribution in [2.24, 2.45) is 23.7 Å². The van der Waals surface area contributed by atoms with Gasteiger partial charge in [0.25, 0.3) is 0 Å². The van der Waals surface area contributed by atoms with Crippen molar-refractivity contribution in [3.05, 3.63) is 41.4 Å². The molecule has 0 unspecified atom stereocenters. The largest absolute Gasteiger partial charge is 0.497 e. The minimum absolute atomic E-state index is 0.462. The molecule has 2 spiro atoms. The summed E-state index contributed by atoms with van der Waals surface area (Å²) < 4.78 is 12.4. The van der Waals surface area contributed by atoms with Gasteiger partial charge < -0.3 is 20.1 Å². The molecule has 6 aliphatic rings. The van der Waals surface area contributed by atoms with Crippen molar-refractivity contribution in [3.8, 4) is 5.75 Å². The van der Waals surface area contributed by atoms with Crippen LogP contribution < -0.4 is 15.4 Å². The highest BCUT2D eigenvalue weighted by Crippen LogP contribution is 2.63. The zero-order valence-electron chi connectivity index (χ0n) is 23.8. The molecular formula is C33H40ClN3O4. The first-order valence-electron chi connectivity index (χ1n) is 15.6. The molecule has 8 heteroatoms. The maximum Gasteiger partial charge on any atom is 0.210 e. The van der Waals surface area contributed by atoms with Gasteiger partial charge in [0.2, 0.25) is 11.6 Å². The highest BCUT2D eigenvalue weighted by Gasteiger charge is 2.66. The minimum Gasteiger partial charge on any atom is -0.497 e. The second-order valence-electron chi connectivity index (χ2n) is 13.2. The third-order valence-electron chi connectivity index (χ3n) is 10.7. The van der Waals surface area contributed by atoms with Crippen molar-refractivity contribution >= 4 is 39.1 Å². The molecule has 9 rings (SSSR count). The topological polar surface area (TPSA) is 73.9 Å². The third kappa shape index (κ3) is 4.60. The first kappa shape index (κ1) is 26.5. The lowest BCUT2D eigenvalue weighted by atomic mass is 9.53. The van der Waals surface area contributed by atoms with Crippen LogP contribution in [0.3, 0.4) is 0 Å². The number of nitrogens with one attached hydrogen (secondary N) is 2. The Bertz CT molecular complexity index is 1430. The molecule has 1 aromatic heterocycles. The zero-order valence-corrected chi connectivity index (χ0v) is 24.6. The number of fused-ring (bicyclic) bond motifs is 2. The molecule has 7 nitrogen and oxygen atoms in total. The van der Waals surface area contributed by atoms with Gasteiger partial charge in [0.05, 0.1) is 23.8 Å². The first-order chi connectivity index (χ1) is 20.0. The van der Waals surface area contributed by atoms with E-state index >= 15 is 0 Å². The number of halogens is 1. The quantitative estimate of drug-likeness (QED) is 0.174. The van der Waals surface area contributed by atoms with Crippen molar-refractivity contribution in [2.75, 3.05) is 25.5 Å². The monoisotopic (exact) mass is 577 g/mol. The van der Waals surface area contributed by atoms with E-state index in [9.17, 15) is 0 Å². The highest BCUT2D eigenvalue weighted by molar-refractivity contribution is 6.31. The summed E-state index contributed by atoms with van der Waals surface area (Å²) in [5.74, 6) is 2.64. The second kappa shape index (κ2) is 10.2. The molecule has 5 aliphatic carbocycles. The average Bonchev–Trinajstić information content (AvgIpc) is 3.35. The number of methoxy groups -OCH3 is 1. The molecule has 41 heavy (non-hydrogen) atoms. The van der Waals surface area contributed by atoms with Crippen LogP contribution >= 0.6 is 11.6 Å². The van der Waals surface area contributed by atoms with Crippen molar-refractivity contribution < 1.29 is 19.2 Å². The lowest BCUT2D eigenvalue weighted by Gasteiger charge is -2.57. The number of rotatable bonds is 7. The average molecular weight is 578 g/mol. The number of ether oxygens (including phenoxy) is 2. The molecule has 0 radical (unpaired) electrons. The van der Waals surface area contributed by atoms with Gasteiger partial charge in [-0.25, -0.2) is 4.98 Å². The Morgan fingerprint density at radius 3 is 2.44 bits per heavy atom. The fourth-order valence-corrected chi connectivity index (χ4v) is 9.04. The molecule has 218 valence electrons. The number of nitrogens with zero attached hydrogens (tertiary/aromatic N) is 1. The third-order valence-corrected chi connectivity index (χ3v) is 11.0. The molecule has 2 heterocycles. The van der Waals surface area contributed by atoms with Crippen LogP contribution in [0.1, 0.15) is 64.2 Å². The van der Waals surface area contributed by atoms with Crippen molar-refractivity contribution in [1.29, 1.82) is 0 Å². The Kier molecular flexibility index (Phi) is 6.61. The van der Waals surface area contributed by atoms with Crippen LogP contribution in [0.4, 0.5) is 5.69 Å². The maximum absolute atomic E-state index is 6.88. The van der Waals surface area contributed by atoms with Gasteiger partial charge in [-0.3, -0.25) is 0 Å². The summed E-state index contributed by atoms with van der Waals surface area (Å²) >= 11 is 6.28. The summed E-state index contributed by atoms with van der Waals surface area (Å²) in [7, 11) is 1.69. The molecule has 2 aromatic carbocycles. The van der Waals surface area contributed by atoms with Crippen LogP contribution in [0.5, 0.6) is 5.75 Å². The first-order valence-corrected chi connectivity index (χ1v) is 16.0. The smallest absolute Gasteiger partial charge is 0.210 e. The molecule has 6 fully saturated rings. The standard InChI is InChI=1S/C33H40ClN3O4/c1-38-26-4-6-29-28(19-26)31(27-5-3-24(34)18-30(27)37-29)36-12-2-11-35-25-7-9-32(10-8-25)39-33(41-40-32)22-14-20-13-21(16-22)17-23(33)15-20/h3-6,18-23,25,35H,2,7-17H2,1H3,(H,36,37). The van der Waals surface area contributed by atoms with E-state index in [1.807, 2.05) is 30.3 Å². The second-order valence-corrected chi connectivity index (χ2v) is 13.7. The Morgan fingerprint density at radius 1 is 0.902 bits per heavy atom. The van der Waals surface area contributed by atoms with Crippen LogP contribution in [0.2, 0.25) is 5.02 Å². The van der Waals surface area contributed by atoms with Crippen LogP contribution in [-0.2, 0) is 14.5 Å². The SMILES string of the molecule is COc1ccc2nc3cc(Cl)ccc3c(NCCCNC3CCC4(CC3)OOC3(O4)C4CC5CC(C4)CC3C5)c2c1. The number of hydrogen-bond acceptors (Lipinski definition) is 7. The fraction of sp³-hybridized carbons (Fsp3) is 0.606. The molecule has 5 saturated carbocycles. The molecule has 1 aliphatic heterocycles. The molecule has 0 amide bonds. The van der Waals surface area contributed by atoms with Crippen molar-refractivity contribution in [1.82, 2.24) is 10.3 Å². The van der Waals surface area contributed by atoms with E-state index in [2.05, 4.69) is 16.7 Å². The minimum atomic E-state index is -0.539. The van der Waals surface area contributed by atoms with Crippen molar-refractivity contribution in [2.45, 2.75) is 81.8 Å². The maximum atomic E-state index is 6.88. The van der Waals surface area contributed by atoms with Gasteiger partial charge in [-0.2, -0.15) is 9.78 Å². The van der Waals surface area contributed by atoms with E-state index < -0.39 is 11.6 Å². The van der Waals surface area contributed by atoms with Gasteiger partial charge >= 0.3 is 0 Å². The van der Waals surface area contributed by atoms with Crippen molar-refractivity contribution in [3.63, 3.8) is 0 Å². The van der Waals surface area contributed by atoms with Gasteiger partial charge in [0.15, 0.2) is 0 Å². The Morgan fingerprint density at radius 2 is 1.68 bits per heavy atom. The lowest BCUT2D eigenvalue weighted by molar-refractivity contribution is -0.390. The number of anilines is 1. The molecule has 2 N–H and O–H groups in total. The molecular weight excluding hydrogens is 538 g/mol. The molecule has 4 bridgehead atoms. The van der Waals surface area contributed by atoms with Crippen LogP contribution in [0.15, 0.2) is 36.4 Å². The fourth-order valence-electron chi connectivity index (χ4n) is 8.88. The zero-order chi connectivity index (χ0) is 27.6. The van der Waals surface area contributed by atoms with E-state index in [1.165, 1.54) is 32.1 Å². The Balaban J connectivity index is 0.863. The predicted octanol–water partition coefficient (Wildman–Crippen LogP) is 7.21. The summed E-state index contributed by atoms with van der Waals surface area (Å²) in [6.07, 6.45) is 11.4. The van der Waals surface area contributed by atoms with Gasteiger partial charge in [0.1, 0.15) is 5.75 Å². The normalized spacial score (nSPS) is 35.7. The van der Waals surface area contributed by atoms with Crippen LogP contribution in [0.25, 0.3) is 21.8 Å². The number of benzene rings is 2. The van der Waals surface area contributed by atoms with Gasteiger partial charge in [-0.1, -0.05) is 11.6 Å². The van der Waals surface area contributed by atoms with E-state index in [0.717, 1.165) is 90.3 Å². The number of hydrogen-bond donors (Lipinski definition) is 2. The van der Waals surface area contributed by atoms with Crippen LogP contribution in [-0.4, -0.2) is 42.8 Å². The summed E-state index contributed by atoms with van der Waals surface area (Å²) in [6.45, 7) is 1.81. The van der Waals surface area contributed by atoms with E-state index in [0.29, 0.717) is 22.9 Å². The summed E-state index contributed by atoms with van der Waals surface area (Å²) in [6, 6.07) is 12.4. The van der Waals surface area contributed by atoms with E-state index in [4.69, 9.17) is 35.8 Å². The molecule has 0 atom stereocenters. The summed E-state index contributed by atoms with van der Waals surface area (Å²) in [5, 5.41) is 10.3. The predicted molar refractivity (Wildman–Crippen MR) is 160 cm³/mol. The Hall–Kier alpha value is -2.16. The van der Waals surface area contributed by atoms with E-state index in [-0.39, 0.29) is 0 Å². The number of pyridine rings is 1. The summed E-state index contributed by atoms with van der Waals surface area (Å²) in [5.41, 5.74) is 2.89. The molecule has 3 aromatic rings. The highest BCUT2D eigenvalue weighted by atomic mass is 35.5.